The van der Waals surface area contributed by atoms with Gasteiger partial charge in [-0.05, 0) is 37.1 Å². The van der Waals surface area contributed by atoms with Crippen LogP contribution in [0.1, 0.15) is 23.5 Å². The van der Waals surface area contributed by atoms with Gasteiger partial charge < -0.3 is 15.5 Å². The molecule has 1 saturated heterocycles. The lowest BCUT2D eigenvalue weighted by Crippen LogP contribution is -2.09. The van der Waals surface area contributed by atoms with Crippen LogP contribution in [0.25, 0.3) is 0 Å². The summed E-state index contributed by atoms with van der Waals surface area (Å²) in [5, 5.41) is 21.9. The molecule has 2 rings (SSSR count). The summed E-state index contributed by atoms with van der Waals surface area (Å²) in [5.41, 5.74) is 1.00. The molecule has 1 aromatic rings. The second kappa shape index (κ2) is 3.70. The Morgan fingerprint density at radius 2 is 2.13 bits per heavy atom. The molecule has 1 aliphatic heterocycles. The maximum Gasteiger partial charge on any atom is 0.194 e. The number of nitrogens with one attached hydrogen (secondary N) is 1. The first-order valence-corrected chi connectivity index (χ1v) is 5.03. The number of phenols is 2. The topological polar surface area (TPSA) is 52.5 Å². The summed E-state index contributed by atoms with van der Waals surface area (Å²) >= 11 is 0. The average Bonchev–Trinajstić information content (AvgIpc) is 2.73. The van der Waals surface area contributed by atoms with E-state index >= 15 is 0 Å². The van der Waals surface area contributed by atoms with Crippen LogP contribution >= 0.6 is 0 Å². The third-order valence-corrected chi connectivity index (χ3v) is 2.93. The lowest BCUT2D eigenvalue weighted by Gasteiger charge is -2.13. The van der Waals surface area contributed by atoms with E-state index in [1.165, 1.54) is 0 Å². The molecule has 0 bridgehead atoms. The molecule has 3 N–H and O–H groups in total. The van der Waals surface area contributed by atoms with E-state index in [1.807, 2.05) is 0 Å². The van der Waals surface area contributed by atoms with Gasteiger partial charge in [0.1, 0.15) is 0 Å². The summed E-state index contributed by atoms with van der Waals surface area (Å²) in [6, 6.07) is 1.61. The van der Waals surface area contributed by atoms with Crippen molar-refractivity contribution in [2.45, 2.75) is 19.3 Å². The predicted octanol–water partition coefficient (Wildman–Crippen LogP) is 1.62. The van der Waals surface area contributed by atoms with Gasteiger partial charge in [0, 0.05) is 12.5 Å². The first-order chi connectivity index (χ1) is 7.11. The van der Waals surface area contributed by atoms with Crippen molar-refractivity contribution < 1.29 is 14.6 Å². The van der Waals surface area contributed by atoms with Crippen molar-refractivity contribution in [3.63, 3.8) is 0 Å². The molecule has 0 aliphatic carbocycles. The molecule has 1 fully saturated rings. The molecule has 1 heterocycles. The SMILES string of the molecule is Cc1cc(C2CCNC2)c(F)c(O)c1O. The molecule has 82 valence electrons. The summed E-state index contributed by atoms with van der Waals surface area (Å²) in [6.07, 6.45) is 0.862. The second-order valence-electron chi connectivity index (χ2n) is 3.98. The lowest BCUT2D eigenvalue weighted by atomic mass is 9.95. The van der Waals surface area contributed by atoms with Gasteiger partial charge in [0.15, 0.2) is 17.3 Å². The fourth-order valence-corrected chi connectivity index (χ4v) is 2.01. The largest absolute Gasteiger partial charge is 0.504 e. The molecule has 0 spiro atoms. The Hall–Kier alpha value is -1.29. The van der Waals surface area contributed by atoms with E-state index in [0.29, 0.717) is 11.1 Å². The van der Waals surface area contributed by atoms with Gasteiger partial charge in [-0.25, -0.2) is 4.39 Å². The number of phenolic OH excluding ortho intramolecular Hbond substituents is 2. The van der Waals surface area contributed by atoms with E-state index < -0.39 is 11.6 Å². The van der Waals surface area contributed by atoms with Crippen LogP contribution in [-0.2, 0) is 0 Å². The highest BCUT2D eigenvalue weighted by atomic mass is 19.1. The highest BCUT2D eigenvalue weighted by Gasteiger charge is 2.24. The summed E-state index contributed by atoms with van der Waals surface area (Å²) < 4.78 is 13.7. The highest BCUT2D eigenvalue weighted by molar-refractivity contribution is 5.49. The molecule has 1 unspecified atom stereocenters. The Morgan fingerprint density at radius 1 is 1.40 bits per heavy atom. The molecule has 0 aromatic heterocycles. The van der Waals surface area contributed by atoms with Crippen LogP contribution in [0.15, 0.2) is 6.07 Å². The van der Waals surface area contributed by atoms with Crippen molar-refractivity contribution in [1.29, 1.82) is 0 Å². The average molecular weight is 211 g/mol. The summed E-state index contributed by atoms with van der Waals surface area (Å²) in [4.78, 5) is 0. The van der Waals surface area contributed by atoms with Crippen molar-refractivity contribution in [3.05, 3.63) is 23.0 Å². The minimum Gasteiger partial charge on any atom is -0.504 e. The van der Waals surface area contributed by atoms with Crippen molar-refractivity contribution in [2.24, 2.45) is 0 Å². The van der Waals surface area contributed by atoms with E-state index in [2.05, 4.69) is 5.32 Å². The standard InChI is InChI=1S/C11H14FNO2/c1-6-4-8(7-2-3-13-5-7)9(12)11(15)10(6)14/h4,7,13-15H,2-3,5H2,1H3. The van der Waals surface area contributed by atoms with Crippen molar-refractivity contribution in [2.75, 3.05) is 13.1 Å². The Bertz CT molecular complexity index is 387. The zero-order valence-corrected chi connectivity index (χ0v) is 8.55. The Balaban J connectivity index is 2.47. The van der Waals surface area contributed by atoms with Crippen LogP contribution < -0.4 is 5.32 Å². The Kier molecular flexibility index (Phi) is 2.52. The van der Waals surface area contributed by atoms with Crippen LogP contribution in [-0.4, -0.2) is 23.3 Å². The monoisotopic (exact) mass is 211 g/mol. The number of aryl methyl sites for hydroxylation is 1. The van der Waals surface area contributed by atoms with E-state index in [-0.39, 0.29) is 11.7 Å². The second-order valence-corrected chi connectivity index (χ2v) is 3.98. The summed E-state index contributed by atoms with van der Waals surface area (Å²) in [5.74, 6) is -1.58. The summed E-state index contributed by atoms with van der Waals surface area (Å²) in [6.45, 7) is 3.24. The van der Waals surface area contributed by atoms with Crippen molar-refractivity contribution in [3.8, 4) is 11.5 Å². The molecule has 3 nitrogen and oxygen atoms in total. The third-order valence-electron chi connectivity index (χ3n) is 2.93. The number of rotatable bonds is 1. The minimum absolute atomic E-state index is 0.0928. The van der Waals surface area contributed by atoms with Crippen LogP contribution in [0.4, 0.5) is 4.39 Å². The quantitative estimate of drug-likeness (QED) is 0.619. The minimum atomic E-state index is -0.688. The lowest BCUT2D eigenvalue weighted by molar-refractivity contribution is 0.373. The Labute approximate surface area is 87.6 Å². The number of aromatic hydroxyl groups is 2. The van der Waals surface area contributed by atoms with Gasteiger partial charge in [0.2, 0.25) is 0 Å². The van der Waals surface area contributed by atoms with Crippen LogP contribution in [0.2, 0.25) is 0 Å². The molecule has 15 heavy (non-hydrogen) atoms. The van der Waals surface area contributed by atoms with Gasteiger partial charge in [-0.2, -0.15) is 0 Å². The first-order valence-electron chi connectivity index (χ1n) is 5.03. The summed E-state index contributed by atoms with van der Waals surface area (Å²) in [7, 11) is 0. The van der Waals surface area contributed by atoms with Gasteiger partial charge in [0.25, 0.3) is 0 Å². The van der Waals surface area contributed by atoms with E-state index in [0.717, 1.165) is 19.5 Å². The molecule has 1 aromatic carbocycles. The number of halogens is 1. The fraction of sp³-hybridized carbons (Fsp3) is 0.455. The normalized spacial score (nSPS) is 20.8. The molecular formula is C11H14FNO2. The van der Waals surface area contributed by atoms with Gasteiger partial charge in [-0.15, -0.1) is 0 Å². The number of hydrogen-bond acceptors (Lipinski definition) is 3. The van der Waals surface area contributed by atoms with Crippen molar-refractivity contribution >= 4 is 0 Å². The maximum atomic E-state index is 13.7. The Morgan fingerprint density at radius 3 is 2.73 bits per heavy atom. The van der Waals surface area contributed by atoms with Gasteiger partial charge in [-0.1, -0.05) is 0 Å². The third kappa shape index (κ3) is 1.65. The van der Waals surface area contributed by atoms with Crippen LogP contribution in [0.3, 0.4) is 0 Å². The van der Waals surface area contributed by atoms with Crippen LogP contribution in [0, 0.1) is 12.7 Å². The molecule has 1 aliphatic rings. The van der Waals surface area contributed by atoms with Gasteiger partial charge in [0.05, 0.1) is 0 Å². The molecule has 1 atom stereocenters. The zero-order chi connectivity index (χ0) is 11.0. The number of hydrogen-bond donors (Lipinski definition) is 3. The predicted molar refractivity (Wildman–Crippen MR) is 54.7 cm³/mol. The highest BCUT2D eigenvalue weighted by Crippen LogP contribution is 2.37. The molecule has 0 saturated carbocycles. The molecule has 0 radical (unpaired) electrons. The van der Waals surface area contributed by atoms with E-state index in [4.69, 9.17) is 0 Å². The number of benzene rings is 1. The molecular weight excluding hydrogens is 197 g/mol. The van der Waals surface area contributed by atoms with E-state index in [1.54, 1.807) is 13.0 Å². The van der Waals surface area contributed by atoms with Gasteiger partial charge >= 0.3 is 0 Å². The van der Waals surface area contributed by atoms with E-state index in [9.17, 15) is 14.6 Å². The van der Waals surface area contributed by atoms with Gasteiger partial charge in [-0.3, -0.25) is 0 Å². The smallest absolute Gasteiger partial charge is 0.194 e. The first kappa shape index (κ1) is 10.2. The molecule has 4 heteroatoms. The zero-order valence-electron chi connectivity index (χ0n) is 8.55. The van der Waals surface area contributed by atoms with Crippen LogP contribution in [0.5, 0.6) is 11.5 Å². The molecule has 0 amide bonds. The fourth-order valence-electron chi connectivity index (χ4n) is 2.01. The van der Waals surface area contributed by atoms with Crippen molar-refractivity contribution in [1.82, 2.24) is 5.32 Å². The maximum absolute atomic E-state index is 13.7.